The van der Waals surface area contributed by atoms with Crippen LogP contribution in [-0.4, -0.2) is 65.3 Å². The van der Waals surface area contributed by atoms with E-state index in [0.717, 1.165) is 32.4 Å². The predicted molar refractivity (Wildman–Crippen MR) is 114 cm³/mol. The van der Waals surface area contributed by atoms with E-state index in [-0.39, 0.29) is 37.5 Å². The summed E-state index contributed by atoms with van der Waals surface area (Å²) in [5.74, 6) is -0.291. The number of benzene rings is 1. The van der Waals surface area contributed by atoms with Crippen molar-refractivity contribution in [2.45, 2.75) is 25.3 Å². The maximum absolute atomic E-state index is 13.4. The minimum Gasteiger partial charge on any atom is -0.341 e. The topological polar surface area (TPSA) is 73.0 Å². The van der Waals surface area contributed by atoms with Crippen LogP contribution < -0.4 is 5.32 Å². The molecule has 1 aromatic carbocycles. The van der Waals surface area contributed by atoms with E-state index >= 15 is 0 Å². The van der Waals surface area contributed by atoms with Crippen LogP contribution in [0.25, 0.3) is 0 Å². The van der Waals surface area contributed by atoms with Crippen LogP contribution in [-0.2, 0) is 9.59 Å². The summed E-state index contributed by atoms with van der Waals surface area (Å²) in [6, 6.07) is 6.20. The Morgan fingerprint density at radius 3 is 2.63 bits per heavy atom. The van der Waals surface area contributed by atoms with Crippen molar-refractivity contribution in [3.05, 3.63) is 58.8 Å². The van der Waals surface area contributed by atoms with E-state index in [1.54, 1.807) is 24.3 Å². The molecule has 0 saturated carbocycles. The lowest BCUT2D eigenvalue weighted by molar-refractivity contribution is -0.138. The van der Waals surface area contributed by atoms with Crippen LogP contribution in [0.3, 0.4) is 0 Å². The highest BCUT2D eigenvalue weighted by Crippen LogP contribution is 2.38. The Morgan fingerprint density at radius 1 is 1.20 bits per heavy atom. The van der Waals surface area contributed by atoms with Crippen molar-refractivity contribution < 1.29 is 14.4 Å². The molecule has 1 unspecified atom stereocenters. The number of piperidine rings is 1. The molecule has 1 aromatic rings. The SMILES string of the molecule is C=CCN1C(=O)NC(c2ccccc2Cl)C2=C1CN(CC(=O)N1CCCCC1)C2=O. The maximum atomic E-state index is 13.4. The Labute approximate surface area is 180 Å². The molecule has 1 atom stereocenters. The molecule has 0 spiro atoms. The van der Waals surface area contributed by atoms with E-state index < -0.39 is 6.04 Å². The average molecular weight is 429 g/mol. The molecular formula is C22H25ClN4O3. The van der Waals surface area contributed by atoms with Gasteiger partial charge in [0.1, 0.15) is 6.54 Å². The molecular weight excluding hydrogens is 404 g/mol. The van der Waals surface area contributed by atoms with Crippen LogP contribution in [0.5, 0.6) is 0 Å². The minimum atomic E-state index is -0.648. The second-order valence-electron chi connectivity index (χ2n) is 7.77. The Morgan fingerprint density at radius 2 is 1.93 bits per heavy atom. The van der Waals surface area contributed by atoms with Gasteiger partial charge in [0.05, 0.1) is 23.9 Å². The van der Waals surface area contributed by atoms with E-state index in [2.05, 4.69) is 11.9 Å². The van der Waals surface area contributed by atoms with Crippen LogP contribution >= 0.6 is 11.6 Å². The van der Waals surface area contributed by atoms with Gasteiger partial charge in [-0.3, -0.25) is 14.5 Å². The van der Waals surface area contributed by atoms with Crippen molar-refractivity contribution in [3.63, 3.8) is 0 Å². The van der Waals surface area contributed by atoms with E-state index in [1.165, 1.54) is 9.80 Å². The average Bonchev–Trinajstić information content (AvgIpc) is 3.07. The Kier molecular flexibility index (Phi) is 5.81. The molecule has 0 aromatic heterocycles. The quantitative estimate of drug-likeness (QED) is 0.733. The smallest absolute Gasteiger partial charge is 0.322 e. The summed E-state index contributed by atoms with van der Waals surface area (Å²) in [7, 11) is 0. The van der Waals surface area contributed by atoms with Crippen LogP contribution in [0.1, 0.15) is 30.9 Å². The molecule has 1 N–H and O–H groups in total. The largest absolute Gasteiger partial charge is 0.341 e. The van der Waals surface area contributed by atoms with E-state index in [0.29, 0.717) is 21.9 Å². The number of amides is 4. The standard InChI is InChI=1S/C22H25ClN4O3/c1-2-10-27-17-13-26(14-18(28)25-11-6-3-7-12-25)21(29)19(17)20(24-22(27)30)15-8-4-5-9-16(15)23/h2,4-5,8-9,20H,1,3,6-7,10-14H2,(H,24,30). The van der Waals surface area contributed by atoms with Crippen LogP contribution in [0.4, 0.5) is 4.79 Å². The fourth-order valence-electron chi connectivity index (χ4n) is 4.35. The second kappa shape index (κ2) is 8.52. The monoisotopic (exact) mass is 428 g/mol. The number of carbonyl (C=O) groups excluding carboxylic acids is 3. The van der Waals surface area contributed by atoms with Gasteiger partial charge in [-0.2, -0.15) is 0 Å². The molecule has 0 bridgehead atoms. The van der Waals surface area contributed by atoms with Gasteiger partial charge in [-0.05, 0) is 30.9 Å². The van der Waals surface area contributed by atoms with Gasteiger partial charge in [-0.1, -0.05) is 35.9 Å². The first-order valence-electron chi connectivity index (χ1n) is 10.2. The summed E-state index contributed by atoms with van der Waals surface area (Å²) in [5, 5.41) is 3.38. The molecule has 1 saturated heterocycles. The molecule has 4 amide bonds. The lowest BCUT2D eigenvalue weighted by Gasteiger charge is -2.33. The number of halogens is 1. The molecule has 1 fully saturated rings. The summed E-state index contributed by atoms with van der Waals surface area (Å²) in [6.45, 7) is 5.70. The third-order valence-corrected chi connectivity index (χ3v) is 6.20. The van der Waals surface area contributed by atoms with Gasteiger partial charge in [0.2, 0.25) is 5.91 Å². The first-order valence-corrected chi connectivity index (χ1v) is 10.6. The van der Waals surface area contributed by atoms with Crippen molar-refractivity contribution in [2.24, 2.45) is 0 Å². The molecule has 3 aliphatic heterocycles. The lowest BCUT2D eigenvalue weighted by atomic mass is 9.95. The van der Waals surface area contributed by atoms with Crippen molar-refractivity contribution in [2.75, 3.05) is 32.7 Å². The number of likely N-dealkylation sites (tertiary alicyclic amines) is 1. The first-order chi connectivity index (χ1) is 14.5. The Balaban J connectivity index is 1.63. The van der Waals surface area contributed by atoms with Crippen LogP contribution in [0.15, 0.2) is 48.2 Å². The molecule has 30 heavy (non-hydrogen) atoms. The summed E-state index contributed by atoms with van der Waals surface area (Å²) < 4.78 is 0. The summed E-state index contributed by atoms with van der Waals surface area (Å²) in [5.41, 5.74) is 1.74. The number of hydrogen-bond acceptors (Lipinski definition) is 3. The Bertz CT molecular complexity index is 923. The van der Waals surface area contributed by atoms with Gasteiger partial charge in [0.25, 0.3) is 5.91 Å². The van der Waals surface area contributed by atoms with E-state index in [4.69, 9.17) is 11.6 Å². The highest BCUT2D eigenvalue weighted by Gasteiger charge is 2.44. The predicted octanol–water partition coefficient (Wildman–Crippen LogP) is 2.70. The minimum absolute atomic E-state index is 0.0111. The molecule has 3 heterocycles. The van der Waals surface area contributed by atoms with Crippen molar-refractivity contribution in [1.29, 1.82) is 0 Å². The molecule has 8 heteroatoms. The fraction of sp³-hybridized carbons (Fsp3) is 0.409. The summed E-state index contributed by atoms with van der Waals surface area (Å²) in [4.78, 5) is 43.8. The highest BCUT2D eigenvalue weighted by atomic mass is 35.5. The fourth-order valence-corrected chi connectivity index (χ4v) is 4.59. The number of nitrogens with zero attached hydrogens (tertiary/aromatic N) is 3. The summed E-state index contributed by atoms with van der Waals surface area (Å²) in [6.07, 6.45) is 4.74. The Hall–Kier alpha value is -2.80. The highest BCUT2D eigenvalue weighted by molar-refractivity contribution is 6.31. The number of rotatable bonds is 5. The third kappa shape index (κ3) is 3.69. The van der Waals surface area contributed by atoms with E-state index in [1.807, 2.05) is 11.0 Å². The number of urea groups is 1. The zero-order valence-electron chi connectivity index (χ0n) is 16.8. The molecule has 158 valence electrons. The first kappa shape index (κ1) is 20.5. The van der Waals surface area contributed by atoms with Gasteiger partial charge in [-0.15, -0.1) is 6.58 Å². The third-order valence-electron chi connectivity index (χ3n) is 5.86. The van der Waals surface area contributed by atoms with Gasteiger partial charge in [0, 0.05) is 24.7 Å². The van der Waals surface area contributed by atoms with Crippen molar-refractivity contribution in [1.82, 2.24) is 20.0 Å². The van der Waals surface area contributed by atoms with Gasteiger partial charge < -0.3 is 15.1 Å². The molecule has 7 nitrogen and oxygen atoms in total. The number of carbonyl (C=O) groups is 3. The van der Waals surface area contributed by atoms with Crippen molar-refractivity contribution >= 4 is 29.4 Å². The zero-order chi connectivity index (χ0) is 21.3. The maximum Gasteiger partial charge on any atom is 0.322 e. The van der Waals surface area contributed by atoms with Gasteiger partial charge in [-0.25, -0.2) is 4.79 Å². The van der Waals surface area contributed by atoms with Crippen LogP contribution in [0.2, 0.25) is 5.02 Å². The van der Waals surface area contributed by atoms with Crippen molar-refractivity contribution in [3.8, 4) is 0 Å². The molecule has 4 rings (SSSR count). The van der Waals surface area contributed by atoms with E-state index in [9.17, 15) is 14.4 Å². The molecule has 3 aliphatic rings. The number of nitrogens with one attached hydrogen (secondary N) is 1. The molecule has 0 aliphatic carbocycles. The summed E-state index contributed by atoms with van der Waals surface area (Å²) >= 11 is 6.37. The van der Waals surface area contributed by atoms with Gasteiger partial charge >= 0.3 is 6.03 Å². The lowest BCUT2D eigenvalue weighted by Crippen LogP contribution is -2.47. The normalized spacial score (nSPS) is 21.6. The van der Waals surface area contributed by atoms with Crippen LogP contribution in [0, 0.1) is 0 Å². The second-order valence-corrected chi connectivity index (χ2v) is 8.17. The van der Waals surface area contributed by atoms with Gasteiger partial charge in [0.15, 0.2) is 0 Å². The number of hydrogen-bond donors (Lipinski definition) is 1. The zero-order valence-corrected chi connectivity index (χ0v) is 17.5. The molecule has 0 radical (unpaired) electrons.